The molecule has 0 radical (unpaired) electrons. The van der Waals surface area contributed by atoms with E-state index in [1.165, 1.54) is 122 Å². The molecule has 19 nitrogen and oxygen atoms in total. The van der Waals surface area contributed by atoms with Crippen molar-refractivity contribution in [3.8, 4) is 0 Å². The smallest absolute Gasteiger partial charge is 0.220 e. The molecule has 3 saturated heterocycles. The molecule has 3 fully saturated rings. The number of ether oxygens (including phenoxy) is 6. The normalized spacial score (nSPS) is 31.0. The monoisotopic (exact) mass is 1090 g/mol. The number of nitrogens with one attached hydrogen (secondary N) is 1. The molecular weight excluding hydrogens is 987 g/mol. The summed E-state index contributed by atoms with van der Waals surface area (Å²) in [6.07, 6.45) is 13.7. The Hall–Kier alpha value is -1.47. The number of hydrogen-bond donors (Lipinski definition) is 12. The number of carbonyl (C=O) groups is 1. The van der Waals surface area contributed by atoms with Crippen molar-refractivity contribution in [1.29, 1.82) is 0 Å². The van der Waals surface area contributed by atoms with Gasteiger partial charge in [0, 0.05) is 6.42 Å². The van der Waals surface area contributed by atoms with Gasteiger partial charge in [-0.05, 0) is 38.5 Å². The third-order valence-electron chi connectivity index (χ3n) is 15.3. The summed E-state index contributed by atoms with van der Waals surface area (Å²) in [6.45, 7) is 1.71. The van der Waals surface area contributed by atoms with Crippen molar-refractivity contribution < 1.29 is 89.4 Å². The molecule has 3 aliphatic heterocycles. The molecule has 17 atom stereocenters. The third kappa shape index (κ3) is 25.5. The van der Waals surface area contributed by atoms with Crippen molar-refractivity contribution in [3.63, 3.8) is 0 Å². The van der Waals surface area contributed by atoms with E-state index in [9.17, 15) is 61.0 Å². The van der Waals surface area contributed by atoms with Gasteiger partial charge in [0.15, 0.2) is 18.9 Å². The van der Waals surface area contributed by atoms with Gasteiger partial charge in [0.2, 0.25) is 5.91 Å². The van der Waals surface area contributed by atoms with E-state index in [4.69, 9.17) is 28.4 Å². The van der Waals surface area contributed by atoms with Gasteiger partial charge in [-0.15, -0.1) is 0 Å². The molecule has 0 saturated carbocycles. The molecular formula is C57H107NO18. The summed E-state index contributed by atoms with van der Waals surface area (Å²) in [4.78, 5) is 13.2. The van der Waals surface area contributed by atoms with Crippen molar-refractivity contribution in [2.24, 2.45) is 0 Å². The second kappa shape index (κ2) is 41.5. The Morgan fingerprint density at radius 1 is 0.461 bits per heavy atom. The molecule has 19 heteroatoms. The molecule has 448 valence electrons. The number of carbonyl (C=O) groups excluding carboxylic acids is 1. The Balaban J connectivity index is 1.38. The summed E-state index contributed by atoms with van der Waals surface area (Å²) >= 11 is 0. The highest BCUT2D eigenvalue weighted by atomic mass is 16.8. The van der Waals surface area contributed by atoms with E-state index in [0.717, 1.165) is 57.8 Å². The van der Waals surface area contributed by atoms with Crippen LogP contribution in [0.5, 0.6) is 0 Å². The number of aliphatic hydroxyl groups is 11. The number of rotatable bonds is 44. The van der Waals surface area contributed by atoms with Gasteiger partial charge in [0.1, 0.15) is 73.2 Å². The SMILES string of the molecule is CCCCCCCCCC/C=C\CCCCCCCCCCCCCCCC(=O)NC(COC1OC(CO)C(OC2OC(CO)C(OC3OC(CO)C(O)C(O)C3O)C(O)C2O)C(O)C1O)C(O)CCCCCCCC. The number of amides is 1. The van der Waals surface area contributed by atoms with Crippen LogP contribution in [-0.4, -0.2) is 193 Å². The van der Waals surface area contributed by atoms with Gasteiger partial charge >= 0.3 is 0 Å². The molecule has 1 amide bonds. The Kier molecular flexibility index (Phi) is 37.6. The maximum absolute atomic E-state index is 13.2. The van der Waals surface area contributed by atoms with Crippen LogP contribution < -0.4 is 5.32 Å². The predicted molar refractivity (Wildman–Crippen MR) is 287 cm³/mol. The van der Waals surface area contributed by atoms with Crippen molar-refractivity contribution in [2.45, 2.75) is 317 Å². The highest BCUT2D eigenvalue weighted by Crippen LogP contribution is 2.33. The minimum Gasteiger partial charge on any atom is -0.394 e. The van der Waals surface area contributed by atoms with E-state index >= 15 is 0 Å². The Morgan fingerprint density at radius 3 is 1.28 bits per heavy atom. The minimum absolute atomic E-state index is 0.247. The summed E-state index contributed by atoms with van der Waals surface area (Å²) in [6, 6.07) is -0.880. The Morgan fingerprint density at radius 2 is 0.829 bits per heavy atom. The molecule has 0 spiro atoms. The lowest BCUT2D eigenvalue weighted by Gasteiger charge is -2.48. The van der Waals surface area contributed by atoms with E-state index in [0.29, 0.717) is 12.8 Å². The first-order chi connectivity index (χ1) is 36.8. The van der Waals surface area contributed by atoms with E-state index in [1.54, 1.807) is 0 Å². The van der Waals surface area contributed by atoms with Crippen molar-refractivity contribution in [1.82, 2.24) is 5.32 Å². The average molecular weight is 1090 g/mol. The van der Waals surface area contributed by atoms with E-state index in [1.807, 2.05) is 0 Å². The average Bonchev–Trinajstić information content (AvgIpc) is 3.42. The minimum atomic E-state index is -1.97. The lowest BCUT2D eigenvalue weighted by atomic mass is 9.96. The van der Waals surface area contributed by atoms with Gasteiger partial charge in [0.25, 0.3) is 0 Å². The number of aliphatic hydroxyl groups excluding tert-OH is 11. The van der Waals surface area contributed by atoms with Crippen LogP contribution >= 0.6 is 0 Å². The molecule has 3 aliphatic rings. The van der Waals surface area contributed by atoms with Crippen molar-refractivity contribution in [2.75, 3.05) is 26.4 Å². The lowest BCUT2D eigenvalue weighted by Crippen LogP contribution is -2.66. The van der Waals surface area contributed by atoms with E-state index in [2.05, 4.69) is 31.3 Å². The van der Waals surface area contributed by atoms with Crippen molar-refractivity contribution >= 4 is 5.91 Å². The predicted octanol–water partition coefficient (Wildman–Crippen LogP) is 4.99. The lowest BCUT2D eigenvalue weighted by molar-refractivity contribution is -0.379. The maximum atomic E-state index is 13.2. The van der Waals surface area contributed by atoms with Gasteiger partial charge in [-0.3, -0.25) is 4.79 Å². The summed E-state index contributed by atoms with van der Waals surface area (Å²) in [5, 5.41) is 120. The standard InChI is InChI=1S/C57H107NO18/c1-3-5-7-9-11-12-13-14-15-16-17-18-19-20-21-22-23-24-25-26-27-28-29-31-33-35-45(63)58-40(41(62)34-32-30-10-8-6-4-2)39-71-55-51(69)48(66)53(43(37-60)73-55)76-57-52(70)49(67)54(44(38-61)74-57)75-56-50(68)47(65)46(64)42(36-59)72-56/h16-17,40-44,46-57,59-62,64-70H,3-15,18-39H2,1-2H3,(H,58,63)/b17-16-. The van der Waals surface area contributed by atoms with Gasteiger partial charge in [0.05, 0.1) is 38.6 Å². The molecule has 0 aromatic carbocycles. The van der Waals surface area contributed by atoms with Gasteiger partial charge < -0.3 is 89.9 Å². The van der Waals surface area contributed by atoms with Gasteiger partial charge in [-0.2, -0.15) is 0 Å². The highest BCUT2D eigenvalue weighted by Gasteiger charge is 2.53. The molecule has 3 heterocycles. The van der Waals surface area contributed by atoms with Crippen LogP contribution in [0.1, 0.15) is 213 Å². The van der Waals surface area contributed by atoms with E-state index in [-0.39, 0.29) is 18.9 Å². The third-order valence-corrected chi connectivity index (χ3v) is 15.3. The highest BCUT2D eigenvalue weighted by molar-refractivity contribution is 5.76. The van der Waals surface area contributed by atoms with E-state index < -0.39 is 124 Å². The quantitative estimate of drug-likeness (QED) is 0.0283. The number of allylic oxidation sites excluding steroid dienone is 2. The fourth-order valence-electron chi connectivity index (χ4n) is 10.4. The van der Waals surface area contributed by atoms with Gasteiger partial charge in [-0.1, -0.05) is 180 Å². The van der Waals surface area contributed by atoms with Crippen LogP contribution in [0.3, 0.4) is 0 Å². The van der Waals surface area contributed by atoms with Crippen LogP contribution in [0.25, 0.3) is 0 Å². The molecule has 0 aliphatic carbocycles. The van der Waals surface area contributed by atoms with Crippen LogP contribution in [0, 0.1) is 0 Å². The van der Waals surface area contributed by atoms with Crippen LogP contribution in [-0.2, 0) is 33.2 Å². The second-order valence-electron chi connectivity index (χ2n) is 21.8. The largest absolute Gasteiger partial charge is 0.394 e. The zero-order valence-electron chi connectivity index (χ0n) is 46.5. The summed E-state index contributed by atoms with van der Waals surface area (Å²) in [5.41, 5.74) is 0. The first-order valence-corrected chi connectivity index (χ1v) is 29.9. The van der Waals surface area contributed by atoms with Gasteiger partial charge in [-0.25, -0.2) is 0 Å². The molecule has 0 aromatic rings. The fourth-order valence-corrected chi connectivity index (χ4v) is 10.4. The number of unbranched alkanes of at least 4 members (excludes halogenated alkanes) is 26. The first kappa shape index (κ1) is 68.8. The molecule has 0 bridgehead atoms. The van der Waals surface area contributed by atoms with Crippen LogP contribution in [0.15, 0.2) is 12.2 Å². The molecule has 3 rings (SSSR count). The topological polar surface area (TPSA) is 307 Å². The number of hydrogen-bond acceptors (Lipinski definition) is 18. The maximum Gasteiger partial charge on any atom is 0.220 e. The van der Waals surface area contributed by atoms with Crippen LogP contribution in [0.4, 0.5) is 0 Å². The van der Waals surface area contributed by atoms with Crippen LogP contribution in [0.2, 0.25) is 0 Å². The Labute approximate surface area is 455 Å². The molecule has 0 aromatic heterocycles. The first-order valence-electron chi connectivity index (χ1n) is 29.9. The summed E-state index contributed by atoms with van der Waals surface area (Å²) in [5.74, 6) is -0.247. The zero-order valence-corrected chi connectivity index (χ0v) is 46.5. The Bertz CT molecular complexity index is 1450. The molecule has 12 N–H and O–H groups in total. The zero-order chi connectivity index (χ0) is 55.5. The fraction of sp³-hybridized carbons (Fsp3) is 0.947. The summed E-state index contributed by atoms with van der Waals surface area (Å²) < 4.78 is 34.1. The van der Waals surface area contributed by atoms with Crippen molar-refractivity contribution in [3.05, 3.63) is 12.2 Å². The molecule has 76 heavy (non-hydrogen) atoms. The second-order valence-corrected chi connectivity index (χ2v) is 21.8. The molecule has 17 unspecified atom stereocenters. The summed E-state index contributed by atoms with van der Waals surface area (Å²) in [7, 11) is 0.